The minimum atomic E-state index is -0.611. The summed E-state index contributed by atoms with van der Waals surface area (Å²) in [6.45, 7) is 7.32. The fourth-order valence-corrected chi connectivity index (χ4v) is 1.45. The van der Waals surface area contributed by atoms with Crippen LogP contribution < -0.4 is 5.32 Å². The number of carbonyl (C=O) groups excluding carboxylic acids is 2. The molecule has 0 aliphatic rings. The zero-order valence-electron chi connectivity index (χ0n) is 11.2. The lowest BCUT2D eigenvalue weighted by Gasteiger charge is -2.19. The Hall–Kier alpha value is -1.72. The van der Waals surface area contributed by atoms with Gasteiger partial charge in [0.1, 0.15) is 0 Å². The van der Waals surface area contributed by atoms with E-state index in [1.165, 1.54) is 0 Å². The van der Waals surface area contributed by atoms with E-state index in [0.29, 0.717) is 18.7 Å². The first-order valence-electron chi connectivity index (χ1n) is 6.15. The van der Waals surface area contributed by atoms with Crippen molar-refractivity contribution in [3.05, 3.63) is 11.7 Å². The maximum Gasteiger partial charge on any atom is 0.240 e. The molecule has 100 valence electrons. The van der Waals surface area contributed by atoms with Crippen LogP contribution in [0.3, 0.4) is 0 Å². The Morgan fingerprint density at radius 1 is 1.33 bits per heavy atom. The molecular formula is C12H19N3O3. The zero-order chi connectivity index (χ0) is 13.7. The van der Waals surface area contributed by atoms with Crippen molar-refractivity contribution >= 4 is 11.7 Å². The third-order valence-corrected chi connectivity index (χ3v) is 2.58. The van der Waals surface area contributed by atoms with Gasteiger partial charge in [-0.25, -0.2) is 0 Å². The lowest BCUT2D eigenvalue weighted by molar-refractivity contribution is -0.121. The molecule has 18 heavy (non-hydrogen) atoms. The molecule has 0 spiro atoms. The summed E-state index contributed by atoms with van der Waals surface area (Å²) in [4.78, 5) is 27.5. The first kappa shape index (κ1) is 14.3. The van der Waals surface area contributed by atoms with Gasteiger partial charge in [-0.3, -0.25) is 9.59 Å². The number of nitrogens with zero attached hydrogens (tertiary/aromatic N) is 2. The topological polar surface area (TPSA) is 85.1 Å². The predicted octanol–water partition coefficient (Wildman–Crippen LogP) is 1.37. The van der Waals surface area contributed by atoms with Crippen molar-refractivity contribution in [3.8, 4) is 0 Å². The highest BCUT2D eigenvalue weighted by molar-refractivity contribution is 5.99. The van der Waals surface area contributed by atoms with Gasteiger partial charge in [-0.15, -0.1) is 0 Å². The van der Waals surface area contributed by atoms with Gasteiger partial charge in [0.25, 0.3) is 0 Å². The van der Waals surface area contributed by atoms with Gasteiger partial charge in [0.2, 0.25) is 23.4 Å². The minimum absolute atomic E-state index is 0.0296. The van der Waals surface area contributed by atoms with Gasteiger partial charge in [-0.2, -0.15) is 4.98 Å². The van der Waals surface area contributed by atoms with Crippen LogP contribution in [-0.4, -0.2) is 27.9 Å². The molecule has 1 N–H and O–H groups in total. The average Bonchev–Trinajstić information content (AvgIpc) is 2.83. The van der Waals surface area contributed by atoms with Crippen LogP contribution >= 0.6 is 0 Å². The Morgan fingerprint density at radius 2 is 2.00 bits per heavy atom. The van der Waals surface area contributed by atoms with Crippen molar-refractivity contribution in [1.82, 2.24) is 15.5 Å². The van der Waals surface area contributed by atoms with E-state index < -0.39 is 6.04 Å². The molecule has 1 rings (SSSR count). The fraction of sp³-hybridized carbons (Fsp3) is 0.667. The van der Waals surface area contributed by atoms with Crippen molar-refractivity contribution < 1.29 is 14.1 Å². The zero-order valence-corrected chi connectivity index (χ0v) is 11.2. The summed E-state index contributed by atoms with van der Waals surface area (Å²) in [5, 5.41) is 6.32. The van der Waals surface area contributed by atoms with Crippen molar-refractivity contribution in [2.24, 2.45) is 5.92 Å². The van der Waals surface area contributed by atoms with Gasteiger partial charge in [0.05, 0.1) is 6.04 Å². The summed E-state index contributed by atoms with van der Waals surface area (Å²) >= 11 is 0. The maximum absolute atomic E-state index is 12.2. The van der Waals surface area contributed by atoms with Gasteiger partial charge in [-0.1, -0.05) is 32.9 Å². The molecular weight excluding hydrogens is 234 g/mol. The minimum Gasteiger partial charge on any atom is -0.346 e. The van der Waals surface area contributed by atoms with E-state index >= 15 is 0 Å². The second-order valence-corrected chi connectivity index (χ2v) is 4.37. The monoisotopic (exact) mass is 253 g/mol. The fourth-order valence-electron chi connectivity index (χ4n) is 1.45. The van der Waals surface area contributed by atoms with Crippen molar-refractivity contribution in [2.75, 3.05) is 0 Å². The van der Waals surface area contributed by atoms with Gasteiger partial charge < -0.3 is 9.84 Å². The van der Waals surface area contributed by atoms with Crippen LogP contribution in [0.1, 0.15) is 50.6 Å². The summed E-state index contributed by atoms with van der Waals surface area (Å²) in [7, 11) is 0. The highest BCUT2D eigenvalue weighted by atomic mass is 16.5. The molecule has 0 radical (unpaired) electrons. The molecule has 0 bridgehead atoms. The molecule has 0 saturated carbocycles. The van der Waals surface area contributed by atoms with Crippen LogP contribution in [0.25, 0.3) is 0 Å². The molecule has 1 unspecified atom stereocenters. The van der Waals surface area contributed by atoms with Crippen LogP contribution in [0, 0.1) is 5.92 Å². The quantitative estimate of drug-likeness (QED) is 0.774. The summed E-state index contributed by atoms with van der Waals surface area (Å²) in [5.74, 6) is -0.0577. The van der Waals surface area contributed by atoms with E-state index in [2.05, 4.69) is 15.5 Å². The Balaban J connectivity index is 2.85. The number of Topliss-reactive ketones (excluding diaryl/α,β-unsaturated/α-hetero) is 1. The average molecular weight is 253 g/mol. The number of rotatable bonds is 6. The summed E-state index contributed by atoms with van der Waals surface area (Å²) in [6.07, 6.45) is 0.914. The van der Waals surface area contributed by atoms with E-state index in [1.807, 2.05) is 20.8 Å². The molecule has 1 atom stereocenters. The number of aryl methyl sites for hydroxylation is 1. The molecule has 1 aromatic rings. The molecule has 0 fully saturated rings. The lowest BCUT2D eigenvalue weighted by Crippen LogP contribution is -2.44. The third-order valence-electron chi connectivity index (χ3n) is 2.58. The third kappa shape index (κ3) is 3.38. The molecule has 0 saturated heterocycles. The SMILES string of the molecule is CCC(=O)NC(C(=O)c1noc(CC)n1)C(C)C. The largest absolute Gasteiger partial charge is 0.346 e. The smallest absolute Gasteiger partial charge is 0.240 e. The number of ketones is 1. The predicted molar refractivity (Wildman–Crippen MR) is 65.1 cm³/mol. The molecule has 0 aliphatic carbocycles. The first-order valence-corrected chi connectivity index (χ1v) is 6.15. The molecule has 6 heteroatoms. The standard InChI is InChI=1S/C12H19N3O3/c1-5-8(16)13-10(7(3)4)11(17)12-14-9(6-2)18-15-12/h7,10H,5-6H2,1-4H3,(H,13,16). The van der Waals surface area contributed by atoms with Crippen LogP contribution in [0.15, 0.2) is 4.52 Å². The van der Waals surface area contributed by atoms with Gasteiger partial charge in [-0.05, 0) is 5.92 Å². The molecule has 1 aromatic heterocycles. The van der Waals surface area contributed by atoms with Gasteiger partial charge in [0, 0.05) is 12.8 Å². The number of hydrogen-bond acceptors (Lipinski definition) is 5. The van der Waals surface area contributed by atoms with Crippen molar-refractivity contribution in [3.63, 3.8) is 0 Å². The van der Waals surface area contributed by atoms with E-state index in [1.54, 1.807) is 6.92 Å². The van der Waals surface area contributed by atoms with Crippen LogP contribution in [0.5, 0.6) is 0 Å². The van der Waals surface area contributed by atoms with Crippen LogP contribution in [0.4, 0.5) is 0 Å². The number of hydrogen-bond donors (Lipinski definition) is 1. The van der Waals surface area contributed by atoms with Gasteiger partial charge in [0.15, 0.2) is 0 Å². The highest BCUT2D eigenvalue weighted by Gasteiger charge is 2.28. The normalized spacial score (nSPS) is 12.5. The Bertz CT molecular complexity index is 426. The van der Waals surface area contributed by atoms with Crippen LogP contribution in [0.2, 0.25) is 0 Å². The molecule has 1 heterocycles. The maximum atomic E-state index is 12.2. The van der Waals surface area contributed by atoms with Crippen molar-refractivity contribution in [1.29, 1.82) is 0 Å². The van der Waals surface area contributed by atoms with Crippen molar-refractivity contribution in [2.45, 2.75) is 46.6 Å². The number of carbonyl (C=O) groups is 2. The lowest BCUT2D eigenvalue weighted by atomic mass is 9.99. The number of aromatic nitrogens is 2. The summed E-state index contributed by atoms with van der Waals surface area (Å²) in [5.41, 5.74) is 0. The molecule has 6 nitrogen and oxygen atoms in total. The first-order chi connectivity index (χ1) is 8.49. The Labute approximate surface area is 106 Å². The van der Waals surface area contributed by atoms with Gasteiger partial charge >= 0.3 is 0 Å². The molecule has 0 aromatic carbocycles. The second-order valence-electron chi connectivity index (χ2n) is 4.37. The Morgan fingerprint density at radius 3 is 2.44 bits per heavy atom. The van der Waals surface area contributed by atoms with Crippen LogP contribution in [-0.2, 0) is 11.2 Å². The molecule has 1 amide bonds. The summed E-state index contributed by atoms with van der Waals surface area (Å²) in [6, 6.07) is -0.611. The number of amides is 1. The summed E-state index contributed by atoms with van der Waals surface area (Å²) < 4.78 is 4.90. The second kappa shape index (κ2) is 6.28. The van der Waals surface area contributed by atoms with E-state index in [0.717, 1.165) is 0 Å². The van der Waals surface area contributed by atoms with E-state index in [9.17, 15) is 9.59 Å². The molecule has 0 aliphatic heterocycles. The van der Waals surface area contributed by atoms with E-state index in [4.69, 9.17) is 4.52 Å². The van der Waals surface area contributed by atoms with E-state index in [-0.39, 0.29) is 23.4 Å². The number of nitrogens with one attached hydrogen (secondary N) is 1. The highest BCUT2D eigenvalue weighted by Crippen LogP contribution is 2.09. The Kier molecular flexibility index (Phi) is 5.00.